The molecule has 148 valence electrons. The third kappa shape index (κ3) is 13.9. The number of ketones is 1. The van der Waals surface area contributed by atoms with E-state index in [1.54, 1.807) is 7.05 Å². The van der Waals surface area contributed by atoms with Gasteiger partial charge in [0.1, 0.15) is 6.61 Å². The molecule has 0 N–H and O–H groups in total. The lowest BCUT2D eigenvalue weighted by Crippen LogP contribution is -2.22. The van der Waals surface area contributed by atoms with Crippen molar-refractivity contribution < 1.29 is 23.8 Å². The van der Waals surface area contributed by atoms with E-state index in [2.05, 4.69) is 20.8 Å². The summed E-state index contributed by atoms with van der Waals surface area (Å²) in [5, 5.41) is 0. The zero-order valence-corrected chi connectivity index (χ0v) is 16.7. The van der Waals surface area contributed by atoms with Gasteiger partial charge in [-0.15, -0.1) is 0 Å². The molecule has 0 aliphatic heterocycles. The Hall–Kier alpha value is -0.980. The zero-order valence-electron chi connectivity index (χ0n) is 16.7. The number of amides is 1. The van der Waals surface area contributed by atoms with Crippen LogP contribution in [-0.2, 0) is 23.8 Å². The Kier molecular flexibility index (Phi) is 13.7. The number of ether oxygens (including phenoxy) is 3. The molecule has 0 aromatic carbocycles. The monoisotopic (exact) mass is 359 g/mol. The number of likely N-dealkylation sites (N-methyl/N-ethyl adjacent to an activating group) is 1. The van der Waals surface area contributed by atoms with E-state index in [1.165, 1.54) is 17.7 Å². The molecule has 0 heterocycles. The van der Waals surface area contributed by atoms with Crippen molar-refractivity contribution in [2.75, 3.05) is 53.2 Å². The lowest BCUT2D eigenvalue weighted by atomic mass is 9.95. The van der Waals surface area contributed by atoms with Gasteiger partial charge in [-0.2, -0.15) is 0 Å². The Morgan fingerprint density at radius 2 is 1.60 bits per heavy atom. The first kappa shape index (κ1) is 24.0. The molecule has 0 aromatic rings. The number of carbonyl (C=O) groups excluding carboxylic acids is 2. The maximum atomic E-state index is 10.9. The molecule has 1 fully saturated rings. The van der Waals surface area contributed by atoms with Crippen molar-refractivity contribution in [3.05, 3.63) is 0 Å². The predicted octanol–water partition coefficient (Wildman–Crippen LogP) is 2.55. The highest BCUT2D eigenvalue weighted by Crippen LogP contribution is 2.50. The average Bonchev–Trinajstić information content (AvgIpc) is 3.35. The maximum absolute atomic E-state index is 10.9. The molecule has 1 rings (SSSR count). The van der Waals surface area contributed by atoms with E-state index < -0.39 is 0 Å². The molecule has 0 bridgehead atoms. The van der Waals surface area contributed by atoms with Gasteiger partial charge < -0.3 is 19.1 Å². The summed E-state index contributed by atoms with van der Waals surface area (Å²) < 4.78 is 15.6. The highest BCUT2D eigenvalue weighted by Gasteiger charge is 2.39. The summed E-state index contributed by atoms with van der Waals surface area (Å²) in [7, 11) is 1.70. The van der Waals surface area contributed by atoms with E-state index >= 15 is 0 Å². The Bertz CT molecular complexity index is 356. The molecule has 1 aliphatic rings. The van der Waals surface area contributed by atoms with E-state index in [0.29, 0.717) is 46.0 Å². The molecule has 1 saturated carbocycles. The Balaban J connectivity index is 0.000000676. The fraction of sp³-hybridized carbons (Fsp3) is 0.895. The molecule has 0 saturated heterocycles. The summed E-state index contributed by atoms with van der Waals surface area (Å²) in [5.74, 6) is 1.00. The van der Waals surface area contributed by atoms with Gasteiger partial charge >= 0.3 is 0 Å². The molecule has 6 heteroatoms. The van der Waals surface area contributed by atoms with Crippen LogP contribution < -0.4 is 0 Å². The number of hydrogen-bond donors (Lipinski definition) is 0. The quantitative estimate of drug-likeness (QED) is 0.352. The van der Waals surface area contributed by atoms with Crippen molar-refractivity contribution in [3.63, 3.8) is 0 Å². The molecule has 1 aliphatic carbocycles. The molecule has 0 spiro atoms. The lowest BCUT2D eigenvalue weighted by molar-refractivity contribution is -0.123. The minimum Gasteiger partial charge on any atom is -0.377 e. The van der Waals surface area contributed by atoms with Crippen LogP contribution in [0.3, 0.4) is 0 Å². The zero-order chi connectivity index (χ0) is 19.1. The van der Waals surface area contributed by atoms with Gasteiger partial charge in [-0.3, -0.25) is 9.59 Å². The van der Waals surface area contributed by atoms with Crippen LogP contribution in [0, 0.1) is 11.3 Å². The first-order chi connectivity index (χ1) is 11.9. The molecule has 0 unspecified atom stereocenters. The first-order valence-corrected chi connectivity index (χ1v) is 9.26. The summed E-state index contributed by atoms with van der Waals surface area (Å²) in [6.45, 7) is 11.9. The summed E-state index contributed by atoms with van der Waals surface area (Å²) in [5.41, 5.74) is 0.750. The molecular weight excluding hydrogens is 322 g/mol. The van der Waals surface area contributed by atoms with Crippen LogP contribution in [-0.4, -0.2) is 70.3 Å². The van der Waals surface area contributed by atoms with Crippen molar-refractivity contribution in [3.8, 4) is 0 Å². The second-order valence-corrected chi connectivity index (χ2v) is 7.06. The number of Topliss-reactive ketones (excluding diaryl/α,β-unsaturated/α-hetero) is 1. The summed E-state index contributed by atoms with van der Waals surface area (Å²) in [6, 6.07) is 0. The van der Waals surface area contributed by atoms with Crippen LogP contribution >= 0.6 is 0 Å². The summed E-state index contributed by atoms with van der Waals surface area (Å²) in [4.78, 5) is 22.6. The minimum absolute atomic E-state index is 0.0950. The predicted molar refractivity (Wildman–Crippen MR) is 98.6 cm³/mol. The Labute approximate surface area is 153 Å². The van der Waals surface area contributed by atoms with Gasteiger partial charge in [0.15, 0.2) is 5.78 Å². The Morgan fingerprint density at radius 1 is 1.08 bits per heavy atom. The van der Waals surface area contributed by atoms with Gasteiger partial charge in [-0.1, -0.05) is 27.7 Å². The van der Waals surface area contributed by atoms with Crippen molar-refractivity contribution in [2.24, 2.45) is 11.3 Å². The fourth-order valence-corrected chi connectivity index (χ4v) is 1.76. The van der Waals surface area contributed by atoms with Gasteiger partial charge in [0.05, 0.1) is 33.0 Å². The van der Waals surface area contributed by atoms with E-state index in [-0.39, 0.29) is 12.4 Å². The fourth-order valence-electron chi connectivity index (χ4n) is 1.76. The maximum Gasteiger partial charge on any atom is 0.209 e. The number of hydrogen-bond acceptors (Lipinski definition) is 5. The van der Waals surface area contributed by atoms with E-state index in [9.17, 15) is 9.59 Å². The van der Waals surface area contributed by atoms with Crippen LogP contribution in [0.1, 0.15) is 47.0 Å². The number of nitrogens with zero attached hydrogens (tertiary/aromatic N) is 1. The number of rotatable bonds is 14. The topological polar surface area (TPSA) is 65.1 Å². The number of carbonyl (C=O) groups is 2. The highest BCUT2D eigenvalue weighted by molar-refractivity contribution is 5.79. The standard InChI is InChI=1S/C12H23NO5.C7H14/c1-3-12(15)10-18-9-8-17-7-6-16-5-4-13(2)11-14;1-6(2)7(3)4-5-7/h11H,3-10H2,1-2H3;6H,4-5H2,1-3H3. The molecule has 25 heavy (non-hydrogen) atoms. The first-order valence-electron chi connectivity index (χ1n) is 9.26. The van der Waals surface area contributed by atoms with E-state index in [4.69, 9.17) is 14.2 Å². The van der Waals surface area contributed by atoms with Gasteiger partial charge in [0.25, 0.3) is 0 Å². The van der Waals surface area contributed by atoms with E-state index in [1.807, 2.05) is 6.92 Å². The third-order valence-corrected chi connectivity index (χ3v) is 4.60. The van der Waals surface area contributed by atoms with Crippen molar-refractivity contribution in [2.45, 2.75) is 47.0 Å². The van der Waals surface area contributed by atoms with Crippen LogP contribution in [0.4, 0.5) is 0 Å². The van der Waals surface area contributed by atoms with Crippen LogP contribution in [0.2, 0.25) is 0 Å². The minimum atomic E-state index is 0.0950. The van der Waals surface area contributed by atoms with Crippen LogP contribution in [0.5, 0.6) is 0 Å². The summed E-state index contributed by atoms with van der Waals surface area (Å²) in [6.07, 6.45) is 4.19. The summed E-state index contributed by atoms with van der Waals surface area (Å²) >= 11 is 0. The molecule has 1 amide bonds. The molecule has 0 atom stereocenters. The lowest BCUT2D eigenvalue weighted by Gasteiger charge is -2.10. The normalized spacial score (nSPS) is 14.6. The van der Waals surface area contributed by atoms with Gasteiger partial charge in [0.2, 0.25) is 6.41 Å². The van der Waals surface area contributed by atoms with Gasteiger partial charge in [-0.05, 0) is 24.2 Å². The molecular formula is C19H37NO5. The second-order valence-electron chi connectivity index (χ2n) is 7.06. The van der Waals surface area contributed by atoms with Crippen molar-refractivity contribution in [1.82, 2.24) is 4.90 Å². The van der Waals surface area contributed by atoms with Gasteiger partial charge in [0, 0.05) is 20.0 Å². The molecule has 0 radical (unpaired) electrons. The van der Waals surface area contributed by atoms with Gasteiger partial charge in [-0.25, -0.2) is 0 Å². The largest absolute Gasteiger partial charge is 0.377 e. The van der Waals surface area contributed by atoms with Crippen molar-refractivity contribution in [1.29, 1.82) is 0 Å². The van der Waals surface area contributed by atoms with E-state index in [0.717, 1.165) is 17.7 Å². The Morgan fingerprint density at radius 3 is 2.00 bits per heavy atom. The molecule has 0 aromatic heterocycles. The van der Waals surface area contributed by atoms with Crippen molar-refractivity contribution >= 4 is 12.2 Å². The molecule has 6 nitrogen and oxygen atoms in total. The SMILES string of the molecule is CC(C)C1(C)CC1.CCC(=O)COCCOCCOCCN(C)C=O. The smallest absolute Gasteiger partial charge is 0.209 e. The average molecular weight is 360 g/mol. The second kappa shape index (κ2) is 14.2. The van der Waals surface area contributed by atoms with Crippen LogP contribution in [0.15, 0.2) is 0 Å². The van der Waals surface area contributed by atoms with Crippen LogP contribution in [0.25, 0.3) is 0 Å². The third-order valence-electron chi connectivity index (χ3n) is 4.60. The highest BCUT2D eigenvalue weighted by atomic mass is 16.5.